The van der Waals surface area contributed by atoms with Crippen molar-refractivity contribution in [3.63, 3.8) is 0 Å². The fourth-order valence-corrected chi connectivity index (χ4v) is 2.89. The average molecular weight is 443 g/mol. The second-order valence-corrected chi connectivity index (χ2v) is 7.01. The molecule has 144 valence electrons. The molecule has 28 heavy (non-hydrogen) atoms. The Hall–Kier alpha value is -3.13. The maximum absolute atomic E-state index is 12.6. The predicted octanol–water partition coefficient (Wildman–Crippen LogP) is 3.35. The lowest BCUT2D eigenvalue weighted by atomic mass is 10.2. The number of carbonyl (C=O) groups excluding carboxylic acids is 2. The van der Waals surface area contributed by atoms with E-state index >= 15 is 0 Å². The van der Waals surface area contributed by atoms with E-state index in [0.717, 1.165) is 10.2 Å². The van der Waals surface area contributed by atoms with E-state index in [1.807, 2.05) is 6.20 Å². The van der Waals surface area contributed by atoms with Gasteiger partial charge in [0.15, 0.2) is 0 Å². The molecule has 0 bridgehead atoms. The third-order valence-corrected chi connectivity index (χ3v) is 4.42. The maximum atomic E-state index is 12.6. The number of halogens is 1. The zero-order valence-corrected chi connectivity index (χ0v) is 17.0. The monoisotopic (exact) mass is 442 g/mol. The fraction of sp³-hybridized carbons (Fsp3) is 0.150. The number of carbonyl (C=O) groups is 2. The first kappa shape index (κ1) is 19.6. The molecule has 8 heteroatoms. The highest BCUT2D eigenvalue weighted by Crippen LogP contribution is 2.17. The molecule has 0 saturated heterocycles. The summed E-state index contributed by atoms with van der Waals surface area (Å²) in [6, 6.07) is 14.1. The number of amides is 2. The molecule has 2 amide bonds. The lowest BCUT2D eigenvalue weighted by Gasteiger charge is -2.17. The van der Waals surface area contributed by atoms with Gasteiger partial charge in [-0.15, -0.1) is 0 Å². The standard InChI is InChI=1S/C20H19BrN4O3/c1-24(13-19(26)23-16-4-3-5-18(10-16)28-2)20(27)14-6-8-17(9-7-14)25-12-15(21)11-22-25/h3-12H,13H2,1-2H3,(H,23,26). The lowest BCUT2D eigenvalue weighted by molar-refractivity contribution is -0.116. The average Bonchev–Trinajstić information content (AvgIpc) is 3.14. The molecule has 1 aromatic heterocycles. The molecule has 0 radical (unpaired) electrons. The summed E-state index contributed by atoms with van der Waals surface area (Å²) in [4.78, 5) is 26.2. The van der Waals surface area contributed by atoms with Crippen molar-refractivity contribution in [2.75, 3.05) is 26.0 Å². The van der Waals surface area contributed by atoms with Gasteiger partial charge in [0.2, 0.25) is 5.91 Å². The number of rotatable bonds is 6. The summed E-state index contributed by atoms with van der Waals surface area (Å²) in [6.07, 6.45) is 3.51. The molecule has 1 heterocycles. The third kappa shape index (κ3) is 4.77. The van der Waals surface area contributed by atoms with Crippen molar-refractivity contribution in [2.45, 2.75) is 0 Å². The van der Waals surface area contributed by atoms with Crippen molar-refractivity contribution >= 4 is 33.4 Å². The number of aromatic nitrogens is 2. The summed E-state index contributed by atoms with van der Waals surface area (Å²) < 4.78 is 7.70. The van der Waals surface area contributed by atoms with E-state index in [4.69, 9.17) is 4.74 Å². The Morgan fingerprint density at radius 1 is 1.21 bits per heavy atom. The van der Waals surface area contributed by atoms with Gasteiger partial charge in [-0.2, -0.15) is 5.10 Å². The highest BCUT2D eigenvalue weighted by atomic mass is 79.9. The van der Waals surface area contributed by atoms with Gasteiger partial charge in [0.25, 0.3) is 5.91 Å². The molecule has 0 fully saturated rings. The number of ether oxygens (including phenoxy) is 1. The minimum atomic E-state index is -0.290. The minimum absolute atomic E-state index is 0.0656. The molecule has 2 aromatic carbocycles. The first-order chi connectivity index (χ1) is 13.5. The normalized spacial score (nSPS) is 10.4. The smallest absolute Gasteiger partial charge is 0.254 e. The van der Waals surface area contributed by atoms with Crippen LogP contribution in [0.4, 0.5) is 5.69 Å². The molecule has 1 N–H and O–H groups in total. The second-order valence-electron chi connectivity index (χ2n) is 6.09. The van der Waals surface area contributed by atoms with Crippen LogP contribution in [0.25, 0.3) is 5.69 Å². The first-order valence-corrected chi connectivity index (χ1v) is 9.25. The summed E-state index contributed by atoms with van der Waals surface area (Å²) in [7, 11) is 3.15. The Balaban J connectivity index is 1.61. The molecule has 0 atom stereocenters. The van der Waals surface area contributed by atoms with Crippen molar-refractivity contribution in [3.8, 4) is 11.4 Å². The van der Waals surface area contributed by atoms with Gasteiger partial charge in [0.1, 0.15) is 5.75 Å². The Morgan fingerprint density at radius 3 is 2.61 bits per heavy atom. The molecule has 3 aromatic rings. The molecule has 0 spiro atoms. The van der Waals surface area contributed by atoms with E-state index in [1.165, 1.54) is 4.90 Å². The molecule has 0 saturated carbocycles. The van der Waals surface area contributed by atoms with Gasteiger partial charge in [0, 0.05) is 30.6 Å². The Kier molecular flexibility index (Phi) is 6.10. The quantitative estimate of drug-likeness (QED) is 0.634. The number of nitrogens with zero attached hydrogens (tertiary/aromatic N) is 3. The second kappa shape index (κ2) is 8.71. The van der Waals surface area contributed by atoms with Crippen LogP contribution in [0.1, 0.15) is 10.4 Å². The van der Waals surface area contributed by atoms with E-state index in [2.05, 4.69) is 26.3 Å². The molecule has 0 unspecified atom stereocenters. The number of benzene rings is 2. The van der Waals surface area contributed by atoms with Crippen molar-refractivity contribution in [3.05, 3.63) is 71.0 Å². The molecule has 0 aliphatic rings. The van der Waals surface area contributed by atoms with Crippen molar-refractivity contribution in [2.24, 2.45) is 0 Å². The van der Waals surface area contributed by atoms with E-state index < -0.39 is 0 Å². The summed E-state index contributed by atoms with van der Waals surface area (Å²) in [5.74, 6) is 0.114. The van der Waals surface area contributed by atoms with E-state index in [1.54, 1.807) is 73.6 Å². The Labute approximate surface area is 171 Å². The SMILES string of the molecule is COc1cccc(NC(=O)CN(C)C(=O)c2ccc(-n3cc(Br)cn3)cc2)c1. The van der Waals surface area contributed by atoms with Crippen LogP contribution in [0.15, 0.2) is 65.4 Å². The van der Waals surface area contributed by atoms with E-state index in [9.17, 15) is 9.59 Å². The van der Waals surface area contributed by atoms with Gasteiger partial charge < -0.3 is 15.0 Å². The van der Waals surface area contributed by atoms with Crippen LogP contribution in [0, 0.1) is 0 Å². The number of hydrogen-bond donors (Lipinski definition) is 1. The number of likely N-dealkylation sites (N-methyl/N-ethyl adjacent to an activating group) is 1. The molecule has 0 aliphatic heterocycles. The number of nitrogens with one attached hydrogen (secondary N) is 1. The molecular weight excluding hydrogens is 424 g/mol. The van der Waals surface area contributed by atoms with Gasteiger partial charge in [-0.05, 0) is 52.3 Å². The predicted molar refractivity (Wildman–Crippen MR) is 110 cm³/mol. The van der Waals surface area contributed by atoms with Crippen LogP contribution in [-0.4, -0.2) is 47.2 Å². The van der Waals surface area contributed by atoms with Gasteiger partial charge in [-0.25, -0.2) is 4.68 Å². The number of hydrogen-bond acceptors (Lipinski definition) is 4. The molecular formula is C20H19BrN4O3. The van der Waals surface area contributed by atoms with E-state index in [0.29, 0.717) is 17.0 Å². The van der Waals surface area contributed by atoms with Crippen molar-refractivity contribution in [1.82, 2.24) is 14.7 Å². The van der Waals surface area contributed by atoms with Crippen LogP contribution in [0.3, 0.4) is 0 Å². The minimum Gasteiger partial charge on any atom is -0.497 e. The van der Waals surface area contributed by atoms with Crippen LogP contribution in [-0.2, 0) is 4.79 Å². The molecule has 3 rings (SSSR count). The summed E-state index contributed by atoms with van der Waals surface area (Å²) >= 11 is 3.35. The summed E-state index contributed by atoms with van der Waals surface area (Å²) in [6.45, 7) is -0.0656. The first-order valence-electron chi connectivity index (χ1n) is 8.46. The van der Waals surface area contributed by atoms with Crippen LogP contribution in [0.2, 0.25) is 0 Å². The van der Waals surface area contributed by atoms with Crippen molar-refractivity contribution in [1.29, 1.82) is 0 Å². The fourth-order valence-electron chi connectivity index (χ4n) is 2.61. The van der Waals surface area contributed by atoms with Crippen molar-refractivity contribution < 1.29 is 14.3 Å². The largest absolute Gasteiger partial charge is 0.497 e. The van der Waals surface area contributed by atoms with Crippen LogP contribution >= 0.6 is 15.9 Å². The Morgan fingerprint density at radius 2 is 1.96 bits per heavy atom. The highest BCUT2D eigenvalue weighted by Gasteiger charge is 2.15. The lowest BCUT2D eigenvalue weighted by Crippen LogP contribution is -2.34. The van der Waals surface area contributed by atoms with Crippen LogP contribution in [0.5, 0.6) is 5.75 Å². The maximum Gasteiger partial charge on any atom is 0.254 e. The zero-order chi connectivity index (χ0) is 20.1. The third-order valence-electron chi connectivity index (χ3n) is 4.01. The van der Waals surface area contributed by atoms with Gasteiger partial charge in [-0.1, -0.05) is 6.07 Å². The van der Waals surface area contributed by atoms with Gasteiger partial charge in [-0.3, -0.25) is 9.59 Å². The molecule has 0 aliphatic carbocycles. The summed E-state index contributed by atoms with van der Waals surface area (Å²) in [5, 5.41) is 6.96. The number of methoxy groups -OCH3 is 1. The Bertz CT molecular complexity index is 985. The summed E-state index contributed by atoms with van der Waals surface area (Å²) in [5.41, 5.74) is 1.94. The highest BCUT2D eigenvalue weighted by molar-refractivity contribution is 9.10. The topological polar surface area (TPSA) is 76.5 Å². The van der Waals surface area contributed by atoms with Crippen LogP contribution < -0.4 is 10.1 Å². The van der Waals surface area contributed by atoms with E-state index in [-0.39, 0.29) is 18.4 Å². The zero-order valence-electron chi connectivity index (χ0n) is 15.4. The number of anilines is 1. The molecule has 7 nitrogen and oxygen atoms in total. The van der Waals surface area contributed by atoms with Gasteiger partial charge in [0.05, 0.1) is 30.0 Å². The van der Waals surface area contributed by atoms with Gasteiger partial charge >= 0.3 is 0 Å².